The van der Waals surface area contributed by atoms with Gasteiger partial charge >= 0.3 is 5.69 Å². The van der Waals surface area contributed by atoms with E-state index < -0.39 is 41.7 Å². The predicted molar refractivity (Wildman–Crippen MR) is 56.3 cm³/mol. The number of rotatable bonds is 2. The molecule has 0 aliphatic carbocycles. The van der Waals surface area contributed by atoms with E-state index in [1.165, 1.54) is 0 Å². The molecule has 3 N–H and O–H groups in total. The van der Waals surface area contributed by atoms with Crippen LogP contribution in [0.3, 0.4) is 0 Å². The lowest BCUT2D eigenvalue weighted by molar-refractivity contribution is -0.00677. The fraction of sp³-hybridized carbons (Fsp3) is 0.500. The Morgan fingerprint density at radius 2 is 2.75 bits per heavy atom. The highest BCUT2D eigenvalue weighted by Gasteiger charge is 2.27. The van der Waals surface area contributed by atoms with Gasteiger partial charge < -0.3 is 15.6 Å². The summed E-state index contributed by atoms with van der Waals surface area (Å²) in [6.45, 7) is -2.61. The third kappa shape index (κ3) is 2.04. The van der Waals surface area contributed by atoms with E-state index in [1.54, 1.807) is 0 Å². The first-order chi connectivity index (χ1) is 8.71. The number of aliphatic hydroxyl groups is 1. The molecule has 88 valence electrons. The van der Waals surface area contributed by atoms with E-state index >= 15 is 0 Å². The zero-order chi connectivity index (χ0) is 14.4. The number of aromatic nitrogens is 2. The van der Waals surface area contributed by atoms with E-state index in [0.717, 1.165) is 11.8 Å². The van der Waals surface area contributed by atoms with Gasteiger partial charge in [0.1, 0.15) is 11.7 Å². The van der Waals surface area contributed by atoms with Gasteiger partial charge in [0.15, 0.2) is 11.6 Å². The monoisotopic (exact) mass is 251 g/mol. The van der Waals surface area contributed by atoms with E-state index in [-0.39, 0.29) is 5.75 Å². The molecule has 0 saturated carbocycles. The summed E-state index contributed by atoms with van der Waals surface area (Å²) in [4.78, 5) is 14.8. The smallest absolute Gasteiger partial charge is 0.351 e. The Morgan fingerprint density at radius 3 is 3.38 bits per heavy atom. The van der Waals surface area contributed by atoms with E-state index in [9.17, 15) is 9.18 Å². The van der Waals surface area contributed by atoms with Crippen molar-refractivity contribution in [3.63, 3.8) is 0 Å². The summed E-state index contributed by atoms with van der Waals surface area (Å²) >= 11 is 0.908. The first-order valence-corrected chi connectivity index (χ1v) is 5.30. The number of nitrogen functional groups attached to an aromatic ring is 1. The maximum absolute atomic E-state index is 13.4. The largest absolute Gasteiger partial charge is 0.393 e. The fourth-order valence-corrected chi connectivity index (χ4v) is 2.05. The molecule has 0 bridgehead atoms. The molecule has 1 saturated heterocycles. The Labute approximate surface area is 98.4 Å². The van der Waals surface area contributed by atoms with Gasteiger partial charge in [-0.2, -0.15) is 4.98 Å². The van der Waals surface area contributed by atoms with Crippen LogP contribution in [0, 0.1) is 5.82 Å². The van der Waals surface area contributed by atoms with Crippen LogP contribution in [0.2, 0.25) is 0 Å². The van der Waals surface area contributed by atoms with Crippen LogP contribution in [0.1, 0.15) is 10.3 Å². The van der Waals surface area contributed by atoms with Crippen molar-refractivity contribution in [3.8, 4) is 0 Å². The van der Waals surface area contributed by atoms with E-state index in [2.05, 4.69) is 4.98 Å². The van der Waals surface area contributed by atoms with Crippen LogP contribution >= 0.6 is 11.8 Å². The third-order valence-corrected chi connectivity index (χ3v) is 2.93. The Hall–Kier alpha value is -1.12. The Morgan fingerprint density at radius 1 is 2.00 bits per heavy atom. The molecule has 2 atom stereocenters. The topological polar surface area (TPSA) is 90.4 Å². The molecule has 1 aromatic rings. The third-order valence-electron chi connectivity index (χ3n) is 1.93. The Balaban J connectivity index is 2.35. The van der Waals surface area contributed by atoms with Crippen LogP contribution in [0.4, 0.5) is 10.2 Å². The van der Waals surface area contributed by atoms with Crippen LogP contribution in [0.15, 0.2) is 11.0 Å². The molecular weight excluding hydrogens is 238 g/mol. The van der Waals surface area contributed by atoms with Crippen molar-refractivity contribution < 1.29 is 18.3 Å². The van der Waals surface area contributed by atoms with E-state index in [1.807, 2.05) is 0 Å². The second-order valence-corrected chi connectivity index (χ2v) is 4.06. The van der Waals surface area contributed by atoms with Gasteiger partial charge in [-0.05, 0) is 0 Å². The molecule has 1 aliphatic heterocycles. The van der Waals surface area contributed by atoms with Gasteiger partial charge in [-0.25, -0.2) is 9.18 Å². The highest BCUT2D eigenvalue weighted by atomic mass is 32.2. The molecule has 2 heterocycles. The molecule has 0 radical (unpaired) electrons. The lowest BCUT2D eigenvalue weighted by atomic mass is 10.5. The molecule has 1 fully saturated rings. The standard InChI is InChI=1S/C8H10FN3O3S/c9-4-1-12(8(14)11-7(4)10)5-3-16-6(2-13)15-5/h1,5-6,13H,2-3H2,(H2,10,11,14)/t5-,6+/m0/s1/i1D,2D2,10+1. The first-order valence-electron chi connectivity index (χ1n) is 5.75. The van der Waals surface area contributed by atoms with Gasteiger partial charge in [-0.1, -0.05) is 0 Å². The minimum Gasteiger partial charge on any atom is -0.393 e. The number of anilines is 1. The van der Waals surface area contributed by atoms with Crippen LogP contribution in [-0.4, -0.2) is 32.4 Å². The van der Waals surface area contributed by atoms with Gasteiger partial charge in [0.2, 0.25) is 0 Å². The molecule has 16 heavy (non-hydrogen) atoms. The summed E-state index contributed by atoms with van der Waals surface area (Å²) in [5.41, 5.74) is 2.92. The molecule has 0 amide bonds. The summed E-state index contributed by atoms with van der Waals surface area (Å²) in [5, 5.41) is 9.16. The van der Waals surface area contributed by atoms with Crippen molar-refractivity contribution in [2.75, 3.05) is 18.0 Å². The van der Waals surface area contributed by atoms with E-state index in [0.29, 0.717) is 4.57 Å². The molecule has 8 heteroatoms. The Bertz CT molecular complexity index is 565. The zero-order valence-electron chi connectivity index (χ0n) is 10.9. The van der Waals surface area contributed by atoms with Crippen LogP contribution < -0.4 is 11.4 Å². The maximum Gasteiger partial charge on any atom is 0.351 e. The number of nitrogens with two attached hydrogens (primary N) is 1. The Kier molecular flexibility index (Phi) is 2.21. The maximum atomic E-state index is 13.4. The highest BCUT2D eigenvalue weighted by molar-refractivity contribution is 8.00. The number of hydrogen-bond acceptors (Lipinski definition) is 6. The summed E-state index contributed by atoms with van der Waals surface area (Å²) in [6, 6.07) is 0. The molecule has 0 unspecified atom stereocenters. The van der Waals surface area contributed by atoms with Crippen LogP contribution in [0.25, 0.3) is 0 Å². The molecule has 6 nitrogen and oxygen atoms in total. The minimum atomic E-state index is -2.61. The SMILES string of the molecule is [2H]c1c(F)c([15NH2])nc(=O)n1[C@@H]1CS[C@H](C([2H])([2H])O)O1. The second-order valence-electron chi connectivity index (χ2n) is 2.96. The number of hydrogen-bond donors (Lipinski definition) is 2. The van der Waals surface area contributed by atoms with Gasteiger partial charge in [-0.3, -0.25) is 4.57 Å². The van der Waals surface area contributed by atoms with Gasteiger partial charge in [0, 0.05) is 5.75 Å². The first kappa shape index (κ1) is 8.04. The van der Waals surface area contributed by atoms with Crippen LogP contribution in [0.5, 0.6) is 0 Å². The minimum absolute atomic E-state index is 0.0710. The van der Waals surface area contributed by atoms with Crippen molar-refractivity contribution in [1.82, 2.24) is 9.55 Å². The zero-order valence-corrected chi connectivity index (χ0v) is 8.70. The molecule has 1 aliphatic rings. The molecule has 2 rings (SSSR count). The van der Waals surface area contributed by atoms with Crippen molar-refractivity contribution in [2.45, 2.75) is 11.7 Å². The van der Waals surface area contributed by atoms with Gasteiger partial charge in [0.05, 0.1) is 16.8 Å². The van der Waals surface area contributed by atoms with Gasteiger partial charge in [0.25, 0.3) is 0 Å². The molecule has 1 aromatic heterocycles. The summed E-state index contributed by atoms with van der Waals surface area (Å²) in [5.74, 6) is -1.75. The normalized spacial score (nSPS) is 28.5. The van der Waals surface area contributed by atoms with Crippen molar-refractivity contribution in [1.29, 1.82) is 0 Å². The van der Waals surface area contributed by atoms with Crippen molar-refractivity contribution in [3.05, 3.63) is 22.5 Å². The number of nitrogens with zero attached hydrogens (tertiary/aromatic N) is 2. The van der Waals surface area contributed by atoms with Crippen molar-refractivity contribution in [2.24, 2.45) is 0 Å². The quantitative estimate of drug-likeness (QED) is 0.692. The lowest BCUT2D eigenvalue weighted by Crippen LogP contribution is -2.29. The highest BCUT2D eigenvalue weighted by Crippen LogP contribution is 2.30. The number of ether oxygens (including phenoxy) is 1. The van der Waals surface area contributed by atoms with Gasteiger partial charge in [-0.15, -0.1) is 11.8 Å². The molecular formula is C8H10FN3O3S. The van der Waals surface area contributed by atoms with Crippen LogP contribution in [-0.2, 0) is 4.74 Å². The second kappa shape index (κ2) is 4.40. The van der Waals surface area contributed by atoms with Crippen molar-refractivity contribution >= 4 is 17.6 Å². The lowest BCUT2D eigenvalue weighted by Gasteiger charge is -2.13. The molecule has 0 aromatic carbocycles. The van der Waals surface area contributed by atoms with E-state index in [4.69, 9.17) is 19.7 Å². The number of thioether (sulfide) groups is 1. The number of halogens is 1. The fourth-order valence-electron chi connectivity index (χ4n) is 1.21. The average Bonchev–Trinajstić information content (AvgIpc) is 2.75. The summed E-state index contributed by atoms with van der Waals surface area (Å²) in [7, 11) is 0. The summed E-state index contributed by atoms with van der Waals surface area (Å²) in [6.07, 6.45) is -1.87. The molecule has 0 spiro atoms. The predicted octanol–water partition coefficient (Wildman–Crippen LogP) is -0.455. The summed E-state index contributed by atoms with van der Waals surface area (Å²) < 4.78 is 40.8. The average molecular weight is 251 g/mol.